The van der Waals surface area contributed by atoms with Gasteiger partial charge in [0.25, 0.3) is 0 Å². The van der Waals surface area contributed by atoms with Crippen LogP contribution in [-0.2, 0) is 0 Å². The largest absolute Gasteiger partial charge is 0.508 e. The molecular formula is C16H26O. The summed E-state index contributed by atoms with van der Waals surface area (Å²) in [5, 5.41) is 9.94. The zero-order valence-corrected chi connectivity index (χ0v) is 11.7. The molecule has 1 rings (SSSR count). The van der Waals surface area contributed by atoms with Gasteiger partial charge in [-0.2, -0.15) is 0 Å². The molecule has 0 amide bonds. The molecule has 0 saturated carbocycles. The summed E-state index contributed by atoms with van der Waals surface area (Å²) in [6, 6.07) is 6.14. The molecule has 1 heteroatoms. The number of benzene rings is 1. The Morgan fingerprint density at radius 3 is 2.18 bits per heavy atom. The first-order valence-electron chi connectivity index (χ1n) is 6.92. The summed E-state index contributed by atoms with van der Waals surface area (Å²) in [5.41, 5.74) is 2.48. The highest BCUT2D eigenvalue weighted by atomic mass is 16.3. The Labute approximate surface area is 106 Å². The van der Waals surface area contributed by atoms with Gasteiger partial charge >= 0.3 is 0 Å². The van der Waals surface area contributed by atoms with Crippen molar-refractivity contribution in [2.45, 2.75) is 65.2 Å². The lowest BCUT2D eigenvalue weighted by molar-refractivity contribution is 0.459. The normalized spacial score (nSPS) is 14.6. The predicted molar refractivity (Wildman–Crippen MR) is 74.8 cm³/mol. The van der Waals surface area contributed by atoms with Gasteiger partial charge in [-0.1, -0.05) is 52.7 Å². The van der Waals surface area contributed by atoms with Crippen LogP contribution in [0.5, 0.6) is 5.75 Å². The molecular weight excluding hydrogens is 208 g/mol. The van der Waals surface area contributed by atoms with Crippen LogP contribution >= 0.6 is 0 Å². The van der Waals surface area contributed by atoms with Gasteiger partial charge in [0.05, 0.1) is 0 Å². The quantitative estimate of drug-likeness (QED) is 0.717. The minimum atomic E-state index is 0.453. The van der Waals surface area contributed by atoms with Crippen molar-refractivity contribution in [1.29, 1.82) is 0 Å². The second-order valence-electron chi connectivity index (χ2n) is 5.20. The molecule has 0 aromatic heterocycles. The Morgan fingerprint density at radius 2 is 1.59 bits per heavy atom. The maximum atomic E-state index is 9.94. The third kappa shape index (κ3) is 3.76. The van der Waals surface area contributed by atoms with Crippen molar-refractivity contribution in [3.8, 4) is 5.75 Å². The monoisotopic (exact) mass is 234 g/mol. The Bertz CT molecular complexity index is 343. The van der Waals surface area contributed by atoms with Crippen molar-refractivity contribution >= 4 is 0 Å². The van der Waals surface area contributed by atoms with Gasteiger partial charge in [0.15, 0.2) is 0 Å². The van der Waals surface area contributed by atoms with Crippen LogP contribution in [0.1, 0.15) is 76.3 Å². The van der Waals surface area contributed by atoms with Gasteiger partial charge in [0.1, 0.15) is 5.75 Å². The summed E-state index contributed by atoms with van der Waals surface area (Å²) < 4.78 is 0. The number of rotatable bonds is 6. The average molecular weight is 234 g/mol. The molecule has 0 heterocycles. The van der Waals surface area contributed by atoms with Crippen molar-refractivity contribution in [2.75, 3.05) is 0 Å². The SMILES string of the molecule is CCC[C@@H](C)c1ccc(O)c([C@@H](C)CCC)c1. The van der Waals surface area contributed by atoms with Crippen LogP contribution < -0.4 is 0 Å². The standard InChI is InChI=1S/C16H26O/c1-5-7-12(3)14-9-10-16(17)15(11-14)13(4)8-6-2/h9-13,17H,5-8H2,1-4H3/t12-,13+/m1/s1. The van der Waals surface area contributed by atoms with Gasteiger partial charge in [0.2, 0.25) is 0 Å². The molecule has 1 nitrogen and oxygen atoms in total. The van der Waals surface area contributed by atoms with Crippen LogP contribution in [0.2, 0.25) is 0 Å². The average Bonchev–Trinajstić information content (AvgIpc) is 2.30. The fourth-order valence-electron chi connectivity index (χ4n) is 2.46. The molecule has 0 aliphatic rings. The molecule has 0 spiro atoms. The van der Waals surface area contributed by atoms with Crippen LogP contribution in [0.15, 0.2) is 18.2 Å². The third-order valence-corrected chi connectivity index (χ3v) is 3.59. The summed E-state index contributed by atoms with van der Waals surface area (Å²) >= 11 is 0. The zero-order chi connectivity index (χ0) is 12.8. The van der Waals surface area contributed by atoms with E-state index in [-0.39, 0.29) is 0 Å². The zero-order valence-electron chi connectivity index (χ0n) is 11.7. The summed E-state index contributed by atoms with van der Waals surface area (Å²) in [6.45, 7) is 8.88. The molecule has 0 aliphatic carbocycles. The smallest absolute Gasteiger partial charge is 0.119 e. The molecule has 0 saturated heterocycles. The molecule has 0 aliphatic heterocycles. The molecule has 1 aromatic rings. The molecule has 0 radical (unpaired) electrons. The Morgan fingerprint density at radius 1 is 1.00 bits per heavy atom. The maximum Gasteiger partial charge on any atom is 0.119 e. The molecule has 1 N–H and O–H groups in total. The first kappa shape index (κ1) is 14.1. The van der Waals surface area contributed by atoms with Crippen molar-refractivity contribution in [2.24, 2.45) is 0 Å². The number of phenolic OH excluding ortho intramolecular Hbond substituents is 1. The lowest BCUT2D eigenvalue weighted by Crippen LogP contribution is -1.98. The lowest BCUT2D eigenvalue weighted by atomic mass is 9.89. The highest BCUT2D eigenvalue weighted by molar-refractivity contribution is 5.39. The highest BCUT2D eigenvalue weighted by Gasteiger charge is 2.12. The Balaban J connectivity index is 2.93. The fourth-order valence-corrected chi connectivity index (χ4v) is 2.46. The van der Waals surface area contributed by atoms with E-state index in [0.29, 0.717) is 17.6 Å². The minimum absolute atomic E-state index is 0.453. The predicted octanol–water partition coefficient (Wildman–Crippen LogP) is 5.20. The topological polar surface area (TPSA) is 20.2 Å². The van der Waals surface area contributed by atoms with Crippen molar-refractivity contribution in [3.05, 3.63) is 29.3 Å². The van der Waals surface area contributed by atoms with Crippen LogP contribution in [0, 0.1) is 0 Å². The molecule has 1 aromatic carbocycles. The molecule has 2 atom stereocenters. The van der Waals surface area contributed by atoms with E-state index in [1.807, 2.05) is 6.07 Å². The molecule has 0 unspecified atom stereocenters. The molecule has 96 valence electrons. The summed E-state index contributed by atoms with van der Waals surface area (Å²) in [7, 11) is 0. The van der Waals surface area contributed by atoms with E-state index in [2.05, 4.69) is 39.8 Å². The summed E-state index contributed by atoms with van der Waals surface area (Å²) in [4.78, 5) is 0. The van der Waals surface area contributed by atoms with Gasteiger partial charge in [-0.25, -0.2) is 0 Å². The van der Waals surface area contributed by atoms with E-state index in [0.717, 1.165) is 18.4 Å². The van der Waals surface area contributed by atoms with Crippen molar-refractivity contribution in [3.63, 3.8) is 0 Å². The van der Waals surface area contributed by atoms with Crippen molar-refractivity contribution < 1.29 is 5.11 Å². The Hall–Kier alpha value is -0.980. The van der Waals surface area contributed by atoms with Crippen LogP contribution in [0.4, 0.5) is 0 Å². The first-order chi connectivity index (χ1) is 8.10. The van der Waals surface area contributed by atoms with E-state index < -0.39 is 0 Å². The fraction of sp³-hybridized carbons (Fsp3) is 0.625. The van der Waals surface area contributed by atoms with E-state index in [1.54, 1.807) is 0 Å². The second kappa shape index (κ2) is 6.68. The van der Waals surface area contributed by atoms with Crippen LogP contribution in [0.3, 0.4) is 0 Å². The van der Waals surface area contributed by atoms with E-state index in [1.165, 1.54) is 18.4 Å². The van der Waals surface area contributed by atoms with E-state index in [9.17, 15) is 5.11 Å². The lowest BCUT2D eigenvalue weighted by Gasteiger charge is -2.17. The maximum absolute atomic E-state index is 9.94. The number of phenols is 1. The molecule has 17 heavy (non-hydrogen) atoms. The van der Waals surface area contributed by atoms with Gasteiger partial charge in [-0.15, -0.1) is 0 Å². The highest BCUT2D eigenvalue weighted by Crippen LogP contribution is 2.32. The van der Waals surface area contributed by atoms with Gasteiger partial charge < -0.3 is 5.11 Å². The molecule has 0 fully saturated rings. The number of hydrogen-bond acceptors (Lipinski definition) is 1. The molecule has 0 bridgehead atoms. The Kier molecular flexibility index (Phi) is 5.54. The van der Waals surface area contributed by atoms with Gasteiger partial charge in [-0.3, -0.25) is 0 Å². The number of hydrogen-bond donors (Lipinski definition) is 1. The van der Waals surface area contributed by atoms with Crippen molar-refractivity contribution in [1.82, 2.24) is 0 Å². The summed E-state index contributed by atoms with van der Waals surface area (Å²) in [6.07, 6.45) is 4.72. The van der Waals surface area contributed by atoms with E-state index >= 15 is 0 Å². The van der Waals surface area contributed by atoms with Crippen LogP contribution in [-0.4, -0.2) is 5.11 Å². The summed E-state index contributed by atoms with van der Waals surface area (Å²) in [5.74, 6) is 1.50. The number of aromatic hydroxyl groups is 1. The minimum Gasteiger partial charge on any atom is -0.508 e. The van der Waals surface area contributed by atoms with E-state index in [4.69, 9.17) is 0 Å². The second-order valence-corrected chi connectivity index (χ2v) is 5.20. The van der Waals surface area contributed by atoms with Gasteiger partial charge in [-0.05, 0) is 41.9 Å². The first-order valence-corrected chi connectivity index (χ1v) is 6.92. The van der Waals surface area contributed by atoms with Gasteiger partial charge in [0, 0.05) is 0 Å². The van der Waals surface area contributed by atoms with Crippen LogP contribution in [0.25, 0.3) is 0 Å². The third-order valence-electron chi connectivity index (χ3n) is 3.59.